The molecule has 130 valence electrons. The van der Waals surface area contributed by atoms with E-state index in [1.807, 2.05) is 0 Å². The van der Waals surface area contributed by atoms with Crippen LogP contribution in [0.1, 0.15) is 13.3 Å². The molecule has 1 aromatic heterocycles. The summed E-state index contributed by atoms with van der Waals surface area (Å²) in [5.74, 6) is -0.459. The Labute approximate surface area is 136 Å². The second-order valence-electron chi connectivity index (χ2n) is 5.05. The van der Waals surface area contributed by atoms with Crippen molar-refractivity contribution in [3.63, 3.8) is 0 Å². The van der Waals surface area contributed by atoms with Crippen molar-refractivity contribution in [2.24, 2.45) is 0 Å². The zero-order valence-electron chi connectivity index (χ0n) is 12.4. The van der Waals surface area contributed by atoms with Crippen LogP contribution in [0.5, 0.6) is 5.88 Å². The SMILES string of the molecule is CCC(=O)Oc1cn(C2=CC3CN(C2)C(=O)N3OS(=O)(=O)O)nn1. The number of amides is 2. The number of fused-ring (bicyclic) bond motifs is 2. The standard InChI is InChI=1S/C11H13N5O7S/c1-2-10(17)22-9-6-15(13-12-9)7-3-8-5-14(4-7)11(18)16(8)23-24(19,20)21/h3,6,8H,2,4-5H2,1H3,(H,19,20,21). The predicted molar refractivity (Wildman–Crippen MR) is 75.5 cm³/mol. The van der Waals surface area contributed by atoms with Gasteiger partial charge in [-0.1, -0.05) is 17.2 Å². The van der Waals surface area contributed by atoms with Gasteiger partial charge in [0, 0.05) is 13.0 Å². The van der Waals surface area contributed by atoms with Crippen LogP contribution in [-0.2, 0) is 19.5 Å². The van der Waals surface area contributed by atoms with Gasteiger partial charge >= 0.3 is 22.4 Å². The monoisotopic (exact) mass is 359 g/mol. The van der Waals surface area contributed by atoms with Gasteiger partial charge in [-0.25, -0.2) is 9.48 Å². The van der Waals surface area contributed by atoms with E-state index in [0.717, 1.165) is 0 Å². The first kappa shape index (κ1) is 16.4. The molecule has 24 heavy (non-hydrogen) atoms. The largest absolute Gasteiger partial charge is 0.418 e. The molecule has 2 aliphatic rings. The lowest BCUT2D eigenvalue weighted by Crippen LogP contribution is -2.35. The molecule has 1 N–H and O–H groups in total. The molecule has 1 aromatic rings. The van der Waals surface area contributed by atoms with Gasteiger partial charge in [0.05, 0.1) is 18.4 Å². The van der Waals surface area contributed by atoms with Crippen molar-refractivity contribution in [1.82, 2.24) is 25.0 Å². The third kappa shape index (κ3) is 3.22. The summed E-state index contributed by atoms with van der Waals surface area (Å²) in [4.78, 5) is 24.6. The van der Waals surface area contributed by atoms with Crippen LogP contribution in [0.4, 0.5) is 4.79 Å². The fourth-order valence-electron chi connectivity index (χ4n) is 2.34. The summed E-state index contributed by atoms with van der Waals surface area (Å²) in [6.45, 7) is 1.95. The number of esters is 1. The Morgan fingerprint density at radius 3 is 2.92 bits per heavy atom. The smallest absolute Gasteiger partial charge is 0.404 e. The second kappa shape index (κ2) is 5.85. The van der Waals surface area contributed by atoms with Crippen molar-refractivity contribution in [1.29, 1.82) is 0 Å². The maximum absolute atomic E-state index is 12.0. The van der Waals surface area contributed by atoms with Gasteiger partial charge < -0.3 is 9.64 Å². The molecule has 13 heteroatoms. The first-order valence-corrected chi connectivity index (χ1v) is 8.22. The van der Waals surface area contributed by atoms with E-state index in [0.29, 0.717) is 10.8 Å². The molecule has 2 amide bonds. The fraction of sp³-hybridized carbons (Fsp3) is 0.455. The van der Waals surface area contributed by atoms with Gasteiger partial charge in [-0.2, -0.15) is 13.5 Å². The minimum absolute atomic E-state index is 0.00744. The maximum Gasteiger partial charge on any atom is 0.418 e. The number of ether oxygens (including phenoxy) is 1. The summed E-state index contributed by atoms with van der Waals surface area (Å²) in [7, 11) is -4.82. The average molecular weight is 359 g/mol. The highest BCUT2D eigenvalue weighted by atomic mass is 32.3. The van der Waals surface area contributed by atoms with Crippen molar-refractivity contribution >= 4 is 28.1 Å². The first-order chi connectivity index (χ1) is 11.3. The average Bonchev–Trinajstić information content (AvgIpc) is 3.05. The summed E-state index contributed by atoms with van der Waals surface area (Å²) < 4.78 is 40.9. The Kier molecular flexibility index (Phi) is 3.98. The van der Waals surface area contributed by atoms with Crippen LogP contribution in [0.25, 0.3) is 5.70 Å². The zero-order valence-corrected chi connectivity index (χ0v) is 13.2. The number of rotatable bonds is 5. The lowest BCUT2D eigenvalue weighted by molar-refractivity contribution is -0.134. The van der Waals surface area contributed by atoms with Crippen LogP contribution in [0.15, 0.2) is 12.3 Å². The normalized spacial score (nSPS) is 20.3. The molecule has 0 saturated carbocycles. The van der Waals surface area contributed by atoms with Gasteiger partial charge in [-0.3, -0.25) is 9.35 Å². The van der Waals surface area contributed by atoms with Crippen molar-refractivity contribution < 1.29 is 31.6 Å². The number of carbonyl (C=O) groups is 2. The third-order valence-electron chi connectivity index (χ3n) is 3.35. The lowest BCUT2D eigenvalue weighted by atomic mass is 10.2. The quantitative estimate of drug-likeness (QED) is 0.532. The van der Waals surface area contributed by atoms with E-state index < -0.39 is 28.4 Å². The van der Waals surface area contributed by atoms with Crippen molar-refractivity contribution in [3.8, 4) is 5.88 Å². The van der Waals surface area contributed by atoms with E-state index in [9.17, 15) is 18.0 Å². The Hall–Kier alpha value is -2.51. The molecule has 1 fully saturated rings. The number of carbonyl (C=O) groups excluding carboxylic acids is 2. The molecular weight excluding hydrogens is 346 g/mol. The number of aromatic nitrogens is 3. The highest BCUT2D eigenvalue weighted by Crippen LogP contribution is 2.27. The van der Waals surface area contributed by atoms with Crippen molar-refractivity contribution in [2.45, 2.75) is 19.4 Å². The Bertz CT molecular complexity index is 816. The Balaban J connectivity index is 1.80. The van der Waals surface area contributed by atoms with Gasteiger partial charge in [0.15, 0.2) is 0 Å². The molecule has 0 aliphatic carbocycles. The number of hydrogen-bond acceptors (Lipinski definition) is 8. The third-order valence-corrected chi connectivity index (χ3v) is 3.70. The van der Waals surface area contributed by atoms with Crippen molar-refractivity contribution in [2.75, 3.05) is 13.1 Å². The molecule has 2 bridgehead atoms. The highest BCUT2D eigenvalue weighted by Gasteiger charge is 2.43. The van der Waals surface area contributed by atoms with E-state index in [4.69, 9.17) is 9.29 Å². The van der Waals surface area contributed by atoms with E-state index in [-0.39, 0.29) is 25.4 Å². The van der Waals surface area contributed by atoms with Gasteiger partial charge in [-0.05, 0) is 6.08 Å². The molecule has 3 heterocycles. The Morgan fingerprint density at radius 2 is 2.25 bits per heavy atom. The second-order valence-corrected chi connectivity index (χ2v) is 6.05. The van der Waals surface area contributed by atoms with Crippen LogP contribution in [-0.4, -0.2) is 69.1 Å². The number of nitrogens with zero attached hydrogens (tertiary/aromatic N) is 5. The topological polar surface area (TPSA) is 144 Å². The highest BCUT2D eigenvalue weighted by molar-refractivity contribution is 7.80. The summed E-state index contributed by atoms with van der Waals surface area (Å²) in [6.07, 6.45) is 3.10. The number of hydroxylamine groups is 2. The molecule has 2 aliphatic heterocycles. The molecule has 3 rings (SSSR count). The van der Waals surface area contributed by atoms with E-state index >= 15 is 0 Å². The van der Waals surface area contributed by atoms with Gasteiger partial charge in [0.2, 0.25) is 0 Å². The van der Waals surface area contributed by atoms with E-state index in [1.54, 1.807) is 13.0 Å². The van der Waals surface area contributed by atoms with Crippen molar-refractivity contribution in [3.05, 3.63) is 12.3 Å². The first-order valence-electron chi connectivity index (χ1n) is 6.86. The molecule has 1 atom stereocenters. The number of hydrogen-bond donors (Lipinski definition) is 1. The summed E-state index contributed by atoms with van der Waals surface area (Å²) in [6, 6.07) is -1.43. The van der Waals surface area contributed by atoms with Crippen LogP contribution in [0.3, 0.4) is 0 Å². The minimum atomic E-state index is -4.82. The number of urea groups is 1. The summed E-state index contributed by atoms with van der Waals surface area (Å²) >= 11 is 0. The molecule has 0 aromatic carbocycles. The van der Waals surface area contributed by atoms with Gasteiger partial charge in [-0.15, -0.1) is 4.28 Å². The fourth-order valence-corrected chi connectivity index (χ4v) is 2.72. The summed E-state index contributed by atoms with van der Waals surface area (Å²) in [5.41, 5.74) is 0.507. The Morgan fingerprint density at radius 1 is 1.50 bits per heavy atom. The van der Waals surface area contributed by atoms with Crippen LogP contribution in [0.2, 0.25) is 0 Å². The molecule has 0 spiro atoms. The zero-order chi connectivity index (χ0) is 17.5. The maximum atomic E-state index is 12.0. The molecule has 0 radical (unpaired) electrons. The molecule has 12 nitrogen and oxygen atoms in total. The lowest BCUT2D eigenvalue weighted by Gasteiger charge is -2.20. The molecule has 1 saturated heterocycles. The van der Waals surface area contributed by atoms with Crippen LogP contribution in [0, 0.1) is 0 Å². The molecular formula is C11H13N5O7S. The minimum Gasteiger partial charge on any atom is -0.404 e. The van der Waals surface area contributed by atoms with Gasteiger partial charge in [0.1, 0.15) is 6.04 Å². The summed E-state index contributed by atoms with van der Waals surface area (Å²) in [5, 5.41) is 8.06. The molecule has 1 unspecified atom stereocenters. The predicted octanol–water partition coefficient (Wildman–Crippen LogP) is -0.711. The van der Waals surface area contributed by atoms with Gasteiger partial charge in [0.25, 0.3) is 5.88 Å². The van der Waals surface area contributed by atoms with E-state index in [1.165, 1.54) is 15.8 Å². The van der Waals surface area contributed by atoms with E-state index in [2.05, 4.69) is 14.6 Å². The van der Waals surface area contributed by atoms with Crippen LogP contribution >= 0.6 is 0 Å². The van der Waals surface area contributed by atoms with Crippen LogP contribution < -0.4 is 4.74 Å².